The molecule has 2 rings (SSSR count). The van der Waals surface area contributed by atoms with Crippen molar-refractivity contribution < 1.29 is 22.8 Å². The number of sulfonamides is 1. The molecule has 0 fully saturated rings. The van der Waals surface area contributed by atoms with Crippen LogP contribution in [0.5, 0.6) is 0 Å². The van der Waals surface area contributed by atoms with Crippen LogP contribution in [0.4, 0.5) is 10.1 Å². The zero-order valence-electron chi connectivity index (χ0n) is 13.7. The van der Waals surface area contributed by atoms with Crippen LogP contribution in [0.25, 0.3) is 0 Å². The first-order chi connectivity index (χ1) is 11.1. The summed E-state index contributed by atoms with van der Waals surface area (Å²) >= 11 is 0. The summed E-state index contributed by atoms with van der Waals surface area (Å²) < 4.78 is 40.9. The molecule has 2 N–H and O–H groups in total. The summed E-state index contributed by atoms with van der Waals surface area (Å²) in [5.41, 5.74) is 0.476. The van der Waals surface area contributed by atoms with Crippen molar-refractivity contribution in [1.29, 1.82) is 0 Å². The Bertz CT molecular complexity index is 837. The second-order valence-corrected chi connectivity index (χ2v) is 8.01. The molecule has 0 heterocycles. The van der Waals surface area contributed by atoms with Crippen molar-refractivity contribution in [2.24, 2.45) is 0 Å². The third kappa shape index (κ3) is 4.55. The molecule has 0 aromatic heterocycles. The summed E-state index contributed by atoms with van der Waals surface area (Å²) in [7, 11) is -3.76. The highest BCUT2D eigenvalue weighted by atomic mass is 32.2. The number of hydroxylamine groups is 1. The molecule has 0 aliphatic heterocycles. The van der Waals surface area contributed by atoms with Crippen LogP contribution in [0.3, 0.4) is 0 Å². The van der Waals surface area contributed by atoms with Gasteiger partial charge < -0.3 is 0 Å². The molecule has 128 valence electrons. The number of hydrogen-bond donors (Lipinski definition) is 2. The number of nitrogens with one attached hydrogen (secondary N) is 1. The molecular weight excluding hydrogens is 331 g/mol. The highest BCUT2D eigenvalue weighted by Gasteiger charge is 2.24. The van der Waals surface area contributed by atoms with Crippen molar-refractivity contribution in [3.63, 3.8) is 0 Å². The summed E-state index contributed by atoms with van der Waals surface area (Å²) in [4.78, 5) is 0.0734. The Hall–Kier alpha value is -2.41. The van der Waals surface area contributed by atoms with E-state index in [-0.39, 0.29) is 10.6 Å². The number of hydrogen-bond acceptors (Lipinski definition) is 3. The molecule has 24 heavy (non-hydrogen) atoms. The number of benzene rings is 2. The first-order valence-electron chi connectivity index (χ1n) is 7.29. The molecule has 0 bridgehead atoms. The van der Waals surface area contributed by atoms with Crippen LogP contribution in [0.2, 0.25) is 0 Å². The van der Waals surface area contributed by atoms with Crippen LogP contribution >= 0.6 is 0 Å². The smallest absolute Gasteiger partial charge is 0.261 e. The third-order valence-electron chi connectivity index (χ3n) is 3.25. The summed E-state index contributed by atoms with van der Waals surface area (Å²) in [6.07, 6.45) is 1.52. The van der Waals surface area contributed by atoms with Gasteiger partial charge in [0.15, 0.2) is 0 Å². The number of nitrogens with zero attached hydrogens (tertiary/aromatic N) is 1. The predicted molar refractivity (Wildman–Crippen MR) is 90.6 cm³/mol. The molecule has 2 aromatic carbocycles. The van der Waals surface area contributed by atoms with Gasteiger partial charge in [0.1, 0.15) is 5.82 Å². The minimum Gasteiger partial charge on any atom is -0.290 e. The topological polar surface area (TPSA) is 69.4 Å². The summed E-state index contributed by atoms with van der Waals surface area (Å²) in [6, 6.07) is 11.1. The Morgan fingerprint density at radius 3 is 2.08 bits per heavy atom. The highest BCUT2D eigenvalue weighted by molar-refractivity contribution is 7.92. The predicted octanol–water partition coefficient (Wildman–Crippen LogP) is 3.25. The van der Waals surface area contributed by atoms with E-state index in [0.29, 0.717) is 5.56 Å². The van der Waals surface area contributed by atoms with Crippen LogP contribution in [-0.4, -0.2) is 30.1 Å². The van der Waals surface area contributed by atoms with Crippen LogP contribution in [-0.2, 0) is 10.0 Å². The highest BCUT2D eigenvalue weighted by Crippen LogP contribution is 2.17. The van der Waals surface area contributed by atoms with Gasteiger partial charge in [-0.05, 0) is 53.3 Å². The molecule has 0 aliphatic carbocycles. The average Bonchev–Trinajstić information content (AvgIpc) is 2.49. The Morgan fingerprint density at radius 2 is 1.58 bits per heavy atom. The minimum absolute atomic E-state index is 0.0734. The molecular formula is C17H20FN2O3S+. The fraction of sp³-hybridized carbons (Fsp3) is 0.235. The lowest BCUT2D eigenvalue weighted by Gasteiger charge is -2.10. The number of anilines is 1. The second kappa shape index (κ2) is 6.60. The monoisotopic (exact) mass is 351 g/mol. The van der Waals surface area contributed by atoms with E-state index in [4.69, 9.17) is 0 Å². The van der Waals surface area contributed by atoms with E-state index >= 15 is 0 Å². The SMILES string of the molecule is CC(C)(C)/[N+](O)=C/c1ccc(S(=O)(=O)Nc2ccc(F)cc2)cc1. The van der Waals surface area contributed by atoms with E-state index in [9.17, 15) is 18.0 Å². The maximum atomic E-state index is 12.9. The van der Waals surface area contributed by atoms with Crippen molar-refractivity contribution in [3.8, 4) is 0 Å². The standard InChI is InChI=1S/C17H20FN2O3S/c1-17(2,3)20(21)12-13-4-10-16(11-5-13)24(22,23)19-15-8-6-14(18)7-9-15/h4-12,19,21H,1-3H3/q+1/b20-12-. The van der Waals surface area contributed by atoms with Gasteiger partial charge in [-0.15, -0.1) is 0 Å². The lowest BCUT2D eigenvalue weighted by atomic mass is 10.1. The fourth-order valence-electron chi connectivity index (χ4n) is 1.80. The maximum absolute atomic E-state index is 12.9. The van der Waals surface area contributed by atoms with E-state index < -0.39 is 21.4 Å². The lowest BCUT2D eigenvalue weighted by Crippen LogP contribution is -2.31. The molecule has 2 aromatic rings. The quantitative estimate of drug-likeness (QED) is 0.384. The second-order valence-electron chi connectivity index (χ2n) is 6.33. The van der Waals surface area contributed by atoms with Gasteiger partial charge in [-0.1, -0.05) is 0 Å². The van der Waals surface area contributed by atoms with Crippen molar-refractivity contribution in [3.05, 3.63) is 59.9 Å². The molecule has 0 spiro atoms. The fourth-order valence-corrected chi connectivity index (χ4v) is 2.86. The Labute approximate surface area is 141 Å². The first kappa shape index (κ1) is 17.9. The normalized spacial score (nSPS) is 12.9. The van der Waals surface area contributed by atoms with Crippen molar-refractivity contribution >= 4 is 21.9 Å². The zero-order valence-corrected chi connectivity index (χ0v) is 14.5. The molecule has 0 saturated heterocycles. The van der Waals surface area contributed by atoms with Gasteiger partial charge in [0.05, 0.1) is 4.90 Å². The Balaban J connectivity index is 2.21. The van der Waals surface area contributed by atoms with E-state index in [0.717, 1.165) is 4.74 Å². The van der Waals surface area contributed by atoms with Gasteiger partial charge in [0.25, 0.3) is 10.0 Å². The van der Waals surface area contributed by atoms with E-state index in [1.165, 1.54) is 42.6 Å². The lowest BCUT2D eigenvalue weighted by molar-refractivity contribution is -0.816. The Kier molecular flexibility index (Phi) is 4.94. The first-order valence-corrected chi connectivity index (χ1v) is 8.78. The number of rotatable bonds is 4. The van der Waals surface area contributed by atoms with Gasteiger partial charge in [-0.25, -0.2) is 12.8 Å². The third-order valence-corrected chi connectivity index (χ3v) is 4.64. The summed E-state index contributed by atoms with van der Waals surface area (Å²) in [6.45, 7) is 5.53. The van der Waals surface area contributed by atoms with Crippen LogP contribution in [0.1, 0.15) is 26.3 Å². The summed E-state index contributed by atoms with van der Waals surface area (Å²) in [5.74, 6) is -0.440. The minimum atomic E-state index is -3.76. The van der Waals surface area contributed by atoms with Gasteiger partial charge in [0, 0.05) is 32.0 Å². The van der Waals surface area contributed by atoms with Crippen LogP contribution in [0.15, 0.2) is 53.4 Å². The molecule has 0 aliphatic rings. The van der Waals surface area contributed by atoms with Gasteiger partial charge in [0.2, 0.25) is 11.8 Å². The molecule has 0 radical (unpaired) electrons. The van der Waals surface area contributed by atoms with Crippen molar-refractivity contribution in [1.82, 2.24) is 0 Å². The van der Waals surface area contributed by atoms with E-state index in [1.807, 2.05) is 20.8 Å². The van der Waals surface area contributed by atoms with Crippen molar-refractivity contribution in [2.75, 3.05) is 4.72 Å². The Morgan fingerprint density at radius 1 is 1.04 bits per heavy atom. The summed E-state index contributed by atoms with van der Waals surface area (Å²) in [5, 5.41) is 9.90. The van der Waals surface area contributed by atoms with Crippen molar-refractivity contribution in [2.45, 2.75) is 31.2 Å². The maximum Gasteiger partial charge on any atom is 0.261 e. The van der Waals surface area contributed by atoms with Gasteiger partial charge in [-0.2, -0.15) is 0 Å². The van der Waals surface area contributed by atoms with Gasteiger partial charge in [-0.3, -0.25) is 9.93 Å². The number of halogens is 1. The molecule has 5 nitrogen and oxygen atoms in total. The molecule has 0 atom stereocenters. The van der Waals surface area contributed by atoms with E-state index in [2.05, 4.69) is 4.72 Å². The van der Waals surface area contributed by atoms with E-state index in [1.54, 1.807) is 12.1 Å². The molecule has 0 amide bonds. The largest absolute Gasteiger partial charge is 0.290 e. The average molecular weight is 351 g/mol. The van der Waals surface area contributed by atoms with Crippen LogP contribution in [0, 0.1) is 5.82 Å². The molecule has 0 saturated carbocycles. The van der Waals surface area contributed by atoms with Crippen LogP contribution < -0.4 is 4.72 Å². The zero-order chi connectivity index (χ0) is 18.0. The molecule has 0 unspecified atom stereocenters. The van der Waals surface area contributed by atoms with Gasteiger partial charge >= 0.3 is 0 Å². The molecule has 7 heteroatoms.